The number of H-pyrrole nitrogens is 1. The molecule has 0 aliphatic carbocycles. The molecule has 0 bridgehead atoms. The molecular weight excluding hydrogens is 361 g/mol. The van der Waals surface area contributed by atoms with Crippen LogP contribution in [-0.2, 0) is 13.0 Å². The topological polar surface area (TPSA) is 88.8 Å². The zero-order valence-corrected chi connectivity index (χ0v) is 14.8. The number of fused-ring (bicyclic) bond motifs is 2. The average Bonchev–Trinajstić information content (AvgIpc) is 3.36. The third kappa shape index (κ3) is 2.88. The van der Waals surface area contributed by atoms with Crippen molar-refractivity contribution >= 4 is 11.2 Å². The molecule has 140 valence electrons. The highest BCUT2D eigenvalue weighted by atomic mass is 19.1. The number of hydrogen-bond donors (Lipinski definition) is 2. The molecule has 0 atom stereocenters. The molecule has 4 aromatic rings. The highest BCUT2D eigenvalue weighted by Crippen LogP contribution is 2.35. The summed E-state index contributed by atoms with van der Waals surface area (Å²) in [6.45, 7) is 0.823. The fourth-order valence-corrected chi connectivity index (χ4v) is 3.23. The third-order valence-electron chi connectivity index (χ3n) is 4.72. The van der Waals surface area contributed by atoms with Crippen molar-refractivity contribution in [3.05, 3.63) is 65.7 Å². The molecule has 0 saturated heterocycles. The van der Waals surface area contributed by atoms with Crippen LogP contribution in [0.5, 0.6) is 11.5 Å². The molecule has 28 heavy (non-hydrogen) atoms. The lowest BCUT2D eigenvalue weighted by molar-refractivity contribution is 0.174. The fourth-order valence-electron chi connectivity index (χ4n) is 3.23. The number of benzene rings is 2. The van der Waals surface area contributed by atoms with Crippen LogP contribution < -0.4 is 15.0 Å². The highest BCUT2D eigenvalue weighted by molar-refractivity contribution is 5.75. The van der Waals surface area contributed by atoms with Gasteiger partial charge in [0.15, 0.2) is 22.6 Å². The van der Waals surface area contributed by atoms with Crippen molar-refractivity contribution in [1.82, 2.24) is 19.5 Å². The lowest BCUT2D eigenvalue weighted by Gasteiger charge is -2.07. The van der Waals surface area contributed by atoms with Crippen molar-refractivity contribution in [3.63, 3.8) is 0 Å². The fraction of sp³-hybridized carbons (Fsp3) is 0.150. The second-order valence-corrected chi connectivity index (χ2v) is 6.52. The monoisotopic (exact) mass is 377 g/mol. The lowest BCUT2D eigenvalue weighted by Crippen LogP contribution is -2.13. The third-order valence-corrected chi connectivity index (χ3v) is 4.72. The van der Waals surface area contributed by atoms with Crippen LogP contribution >= 0.6 is 0 Å². The van der Waals surface area contributed by atoms with Crippen molar-refractivity contribution < 1.29 is 13.9 Å². The molecule has 7 nitrogen and oxygen atoms in total. The van der Waals surface area contributed by atoms with Gasteiger partial charge in [-0.25, -0.2) is 14.4 Å². The highest BCUT2D eigenvalue weighted by Gasteiger charge is 2.16. The zero-order valence-electron chi connectivity index (χ0n) is 14.8. The number of ether oxygens (including phenoxy) is 2. The summed E-state index contributed by atoms with van der Waals surface area (Å²) in [7, 11) is 0. The first-order valence-corrected chi connectivity index (χ1v) is 8.81. The molecule has 8 heteroatoms. The predicted octanol–water partition coefficient (Wildman–Crippen LogP) is 3.02. The van der Waals surface area contributed by atoms with Gasteiger partial charge in [0.1, 0.15) is 17.2 Å². The molecule has 0 radical (unpaired) electrons. The van der Waals surface area contributed by atoms with Crippen LogP contribution in [0.3, 0.4) is 0 Å². The largest absolute Gasteiger partial charge is 0.454 e. The summed E-state index contributed by atoms with van der Waals surface area (Å²) in [5.41, 5.74) is 3.20. The standard InChI is InChI=1S/C20H16FN5O2/c21-14-4-1-12(2-5-14)7-8-26-10-23-18(22)17-20(26)25-19(24-17)13-3-6-15-16(9-13)28-11-27-15/h1-6,9-10,22H,7-8,11H2,(H,24,25). The first-order valence-electron chi connectivity index (χ1n) is 8.81. The second-order valence-electron chi connectivity index (χ2n) is 6.52. The van der Waals surface area contributed by atoms with E-state index >= 15 is 0 Å². The first-order chi connectivity index (χ1) is 13.7. The Morgan fingerprint density at radius 2 is 1.93 bits per heavy atom. The van der Waals surface area contributed by atoms with Gasteiger partial charge in [0, 0.05) is 12.1 Å². The van der Waals surface area contributed by atoms with Crippen LogP contribution in [-0.4, -0.2) is 26.3 Å². The molecule has 5 rings (SSSR count). The maximum atomic E-state index is 13.1. The number of hydrogen-bond acceptors (Lipinski definition) is 5. The van der Waals surface area contributed by atoms with Crippen molar-refractivity contribution in [1.29, 1.82) is 5.41 Å². The van der Waals surface area contributed by atoms with Gasteiger partial charge in [-0.05, 0) is 42.3 Å². The number of nitrogens with one attached hydrogen (secondary N) is 2. The summed E-state index contributed by atoms with van der Waals surface area (Å²) in [6, 6.07) is 12.0. The van der Waals surface area contributed by atoms with Gasteiger partial charge >= 0.3 is 0 Å². The lowest BCUT2D eigenvalue weighted by atomic mass is 10.1. The van der Waals surface area contributed by atoms with Crippen molar-refractivity contribution in [3.8, 4) is 22.9 Å². The van der Waals surface area contributed by atoms with Crippen molar-refractivity contribution in [2.24, 2.45) is 0 Å². The summed E-state index contributed by atoms with van der Waals surface area (Å²) in [5.74, 6) is 1.76. The summed E-state index contributed by atoms with van der Waals surface area (Å²) in [4.78, 5) is 12.0. The minimum Gasteiger partial charge on any atom is -0.454 e. The Labute approximate surface area is 158 Å². The number of aromatic nitrogens is 4. The molecule has 3 heterocycles. The zero-order chi connectivity index (χ0) is 19.1. The molecular formula is C20H16FN5O2. The van der Waals surface area contributed by atoms with Gasteiger partial charge in [0.05, 0.1) is 6.33 Å². The Kier molecular flexibility index (Phi) is 3.82. The minimum absolute atomic E-state index is 0.132. The normalized spacial score (nSPS) is 12.6. The van der Waals surface area contributed by atoms with E-state index < -0.39 is 0 Å². The van der Waals surface area contributed by atoms with E-state index in [1.54, 1.807) is 18.5 Å². The van der Waals surface area contributed by atoms with Gasteiger partial charge in [-0.15, -0.1) is 0 Å². The Balaban J connectivity index is 1.50. The number of halogens is 1. The van der Waals surface area contributed by atoms with Gasteiger partial charge < -0.3 is 19.0 Å². The molecule has 0 amide bonds. The van der Waals surface area contributed by atoms with E-state index in [2.05, 4.69) is 15.0 Å². The van der Waals surface area contributed by atoms with Crippen LogP contribution in [0.15, 0.2) is 48.8 Å². The molecule has 0 fully saturated rings. The maximum Gasteiger partial charge on any atom is 0.231 e. The summed E-state index contributed by atoms with van der Waals surface area (Å²) >= 11 is 0. The van der Waals surface area contributed by atoms with Gasteiger partial charge in [-0.1, -0.05) is 12.1 Å². The second kappa shape index (κ2) is 6.49. The van der Waals surface area contributed by atoms with E-state index in [9.17, 15) is 4.39 Å². The number of rotatable bonds is 4. The first kappa shape index (κ1) is 16.5. The number of aromatic amines is 1. The van der Waals surface area contributed by atoms with Crippen LogP contribution in [0.25, 0.3) is 22.6 Å². The van der Waals surface area contributed by atoms with E-state index in [1.807, 2.05) is 22.8 Å². The van der Waals surface area contributed by atoms with Crippen molar-refractivity contribution in [2.45, 2.75) is 13.0 Å². The van der Waals surface area contributed by atoms with Crippen LogP contribution in [0.4, 0.5) is 4.39 Å². The number of imidazole rings is 1. The van der Waals surface area contributed by atoms with Crippen LogP contribution in [0, 0.1) is 11.2 Å². The van der Waals surface area contributed by atoms with Gasteiger partial charge in [0.25, 0.3) is 0 Å². The molecule has 1 aliphatic heterocycles. The molecule has 0 unspecified atom stereocenters. The van der Waals surface area contributed by atoms with Gasteiger partial charge in [0.2, 0.25) is 6.79 Å². The van der Waals surface area contributed by atoms with Crippen LogP contribution in [0.2, 0.25) is 0 Å². The average molecular weight is 377 g/mol. The van der Waals surface area contributed by atoms with Crippen molar-refractivity contribution in [2.75, 3.05) is 6.79 Å². The van der Waals surface area contributed by atoms with E-state index in [0.29, 0.717) is 41.5 Å². The van der Waals surface area contributed by atoms with E-state index in [0.717, 1.165) is 11.1 Å². The van der Waals surface area contributed by atoms with E-state index in [1.165, 1.54) is 12.1 Å². The molecule has 0 saturated carbocycles. The van der Waals surface area contributed by atoms with Gasteiger partial charge in [-0.2, -0.15) is 0 Å². The summed E-state index contributed by atoms with van der Waals surface area (Å²) < 4.78 is 25.8. The predicted molar refractivity (Wildman–Crippen MR) is 99.4 cm³/mol. The van der Waals surface area contributed by atoms with Gasteiger partial charge in [-0.3, -0.25) is 5.41 Å². The minimum atomic E-state index is -0.250. The SMILES string of the molecule is N=c1ncn(CCc2ccc(F)cc2)c2nc(-c3ccc4c(c3)OCO4)[nH]c12. The van der Waals surface area contributed by atoms with E-state index in [-0.39, 0.29) is 18.1 Å². The Morgan fingerprint density at radius 1 is 1.11 bits per heavy atom. The van der Waals surface area contributed by atoms with Crippen LogP contribution in [0.1, 0.15) is 5.56 Å². The Morgan fingerprint density at radius 3 is 2.79 bits per heavy atom. The smallest absolute Gasteiger partial charge is 0.231 e. The molecule has 0 spiro atoms. The maximum absolute atomic E-state index is 13.1. The van der Waals surface area contributed by atoms with E-state index in [4.69, 9.17) is 14.9 Å². The summed E-state index contributed by atoms with van der Waals surface area (Å²) in [5, 5.41) is 8.10. The molecule has 2 aromatic heterocycles. The number of aryl methyl sites for hydroxylation is 2. The summed E-state index contributed by atoms with van der Waals surface area (Å²) in [6.07, 6.45) is 2.31. The quantitative estimate of drug-likeness (QED) is 0.572. The Bertz CT molecular complexity index is 1230. The molecule has 2 N–H and O–H groups in total. The number of nitrogens with zero attached hydrogens (tertiary/aromatic N) is 3. The molecule has 1 aliphatic rings. The molecule has 2 aromatic carbocycles. The Hall–Kier alpha value is -3.68.